The van der Waals surface area contributed by atoms with E-state index in [4.69, 9.17) is 9.63 Å². The molecule has 20 heavy (non-hydrogen) atoms. The number of nitrogens with zero attached hydrogens (tertiary/aromatic N) is 2. The first-order valence-corrected chi connectivity index (χ1v) is 6.10. The second-order valence-corrected chi connectivity index (χ2v) is 4.27. The van der Waals surface area contributed by atoms with Gasteiger partial charge in [-0.15, -0.1) is 0 Å². The van der Waals surface area contributed by atoms with Gasteiger partial charge in [-0.05, 0) is 19.1 Å². The first kappa shape index (κ1) is 13.8. The minimum atomic E-state index is -0.965. The number of carbonyl (C=O) groups is 2. The van der Waals surface area contributed by atoms with Crippen molar-refractivity contribution < 1.29 is 19.2 Å². The van der Waals surface area contributed by atoms with E-state index in [2.05, 4.69) is 5.16 Å². The number of hydrogen-bond acceptors (Lipinski definition) is 4. The Hall–Kier alpha value is -2.63. The lowest BCUT2D eigenvalue weighted by atomic mass is 10.2. The van der Waals surface area contributed by atoms with Crippen molar-refractivity contribution in [3.05, 3.63) is 47.9 Å². The summed E-state index contributed by atoms with van der Waals surface area (Å²) < 4.78 is 4.95. The van der Waals surface area contributed by atoms with Crippen LogP contribution < -0.4 is 4.90 Å². The quantitative estimate of drug-likeness (QED) is 0.902. The van der Waals surface area contributed by atoms with Gasteiger partial charge in [-0.25, -0.2) is 0 Å². The number of carboxylic acid groups (broad SMARTS) is 1. The van der Waals surface area contributed by atoms with E-state index in [-0.39, 0.29) is 18.7 Å². The summed E-state index contributed by atoms with van der Waals surface area (Å²) in [6.45, 7) is 1.78. The Labute approximate surface area is 115 Å². The minimum absolute atomic E-state index is 0.0674. The van der Waals surface area contributed by atoms with Crippen LogP contribution in [-0.2, 0) is 4.79 Å². The van der Waals surface area contributed by atoms with Crippen LogP contribution in [0.5, 0.6) is 0 Å². The van der Waals surface area contributed by atoms with Gasteiger partial charge in [-0.1, -0.05) is 23.4 Å². The van der Waals surface area contributed by atoms with Gasteiger partial charge in [-0.3, -0.25) is 9.59 Å². The topological polar surface area (TPSA) is 83.6 Å². The molecule has 1 heterocycles. The number of para-hydroxylation sites is 1. The second-order valence-electron chi connectivity index (χ2n) is 4.27. The molecule has 1 N–H and O–H groups in total. The van der Waals surface area contributed by atoms with Gasteiger partial charge >= 0.3 is 5.97 Å². The highest BCUT2D eigenvalue weighted by molar-refractivity contribution is 6.04. The van der Waals surface area contributed by atoms with Gasteiger partial charge in [0.2, 0.25) is 5.76 Å². The minimum Gasteiger partial charge on any atom is -0.481 e. The molecule has 6 heteroatoms. The summed E-state index contributed by atoms with van der Waals surface area (Å²) >= 11 is 0. The second kappa shape index (κ2) is 6.01. The number of carboxylic acids is 1. The van der Waals surface area contributed by atoms with E-state index in [0.717, 1.165) is 0 Å². The monoisotopic (exact) mass is 274 g/mol. The van der Waals surface area contributed by atoms with E-state index in [1.54, 1.807) is 31.2 Å². The highest BCUT2D eigenvalue weighted by Gasteiger charge is 2.22. The van der Waals surface area contributed by atoms with Crippen LogP contribution in [0.4, 0.5) is 5.69 Å². The molecule has 0 radical (unpaired) electrons. The molecule has 0 unspecified atom stereocenters. The standard InChI is InChI=1S/C14H14N2O4/c1-10-9-12(20-15-10)14(19)16(8-7-13(17)18)11-5-3-2-4-6-11/h2-6,9H,7-8H2,1H3,(H,17,18). The number of aryl methyl sites for hydroxylation is 1. The summed E-state index contributed by atoms with van der Waals surface area (Å²) in [5.41, 5.74) is 1.22. The number of rotatable bonds is 5. The van der Waals surface area contributed by atoms with Crippen LogP contribution in [0.15, 0.2) is 40.9 Å². The third-order valence-electron chi connectivity index (χ3n) is 2.70. The first-order valence-electron chi connectivity index (χ1n) is 6.10. The molecular formula is C14H14N2O4. The van der Waals surface area contributed by atoms with E-state index in [0.29, 0.717) is 11.4 Å². The molecule has 1 aromatic carbocycles. The maximum atomic E-state index is 12.4. The largest absolute Gasteiger partial charge is 0.481 e. The first-order chi connectivity index (χ1) is 9.58. The Morgan fingerprint density at radius 3 is 2.55 bits per heavy atom. The van der Waals surface area contributed by atoms with E-state index in [9.17, 15) is 9.59 Å². The molecule has 0 aliphatic heterocycles. The lowest BCUT2D eigenvalue weighted by Gasteiger charge is -2.20. The van der Waals surface area contributed by atoms with E-state index in [1.165, 1.54) is 11.0 Å². The zero-order valence-electron chi connectivity index (χ0n) is 10.9. The Kier molecular flexibility index (Phi) is 4.14. The maximum Gasteiger partial charge on any atom is 0.305 e. The Bertz CT molecular complexity index is 607. The number of benzene rings is 1. The van der Waals surface area contributed by atoms with Gasteiger partial charge in [0, 0.05) is 18.3 Å². The molecule has 6 nitrogen and oxygen atoms in total. The molecule has 0 bridgehead atoms. The average Bonchev–Trinajstić information content (AvgIpc) is 2.86. The number of aliphatic carboxylic acids is 1. The van der Waals surface area contributed by atoms with Crippen molar-refractivity contribution in [2.45, 2.75) is 13.3 Å². The van der Waals surface area contributed by atoms with Crippen molar-refractivity contribution in [2.75, 3.05) is 11.4 Å². The zero-order chi connectivity index (χ0) is 14.5. The average molecular weight is 274 g/mol. The van der Waals surface area contributed by atoms with Gasteiger partial charge in [0.05, 0.1) is 12.1 Å². The fraction of sp³-hybridized carbons (Fsp3) is 0.214. The molecule has 0 aliphatic carbocycles. The lowest BCUT2D eigenvalue weighted by molar-refractivity contribution is -0.136. The zero-order valence-corrected chi connectivity index (χ0v) is 10.9. The smallest absolute Gasteiger partial charge is 0.305 e. The van der Waals surface area contributed by atoms with Crippen molar-refractivity contribution in [3.63, 3.8) is 0 Å². The van der Waals surface area contributed by atoms with Crippen molar-refractivity contribution in [3.8, 4) is 0 Å². The van der Waals surface area contributed by atoms with Crippen molar-refractivity contribution >= 4 is 17.6 Å². The fourth-order valence-corrected chi connectivity index (χ4v) is 1.76. The van der Waals surface area contributed by atoms with Crippen molar-refractivity contribution in [1.29, 1.82) is 0 Å². The molecule has 0 fully saturated rings. The molecule has 2 rings (SSSR count). The van der Waals surface area contributed by atoms with E-state index in [1.807, 2.05) is 6.07 Å². The molecule has 2 aromatic rings. The number of amides is 1. The summed E-state index contributed by atoms with van der Waals surface area (Å²) in [4.78, 5) is 24.5. The Morgan fingerprint density at radius 2 is 2.00 bits per heavy atom. The van der Waals surface area contributed by atoms with E-state index < -0.39 is 11.9 Å². The van der Waals surface area contributed by atoms with Gasteiger partial charge in [0.15, 0.2) is 0 Å². The van der Waals surface area contributed by atoms with Crippen LogP contribution in [0, 0.1) is 6.92 Å². The summed E-state index contributed by atoms with van der Waals surface area (Å²) in [6.07, 6.45) is -0.145. The van der Waals surface area contributed by atoms with Crippen molar-refractivity contribution in [1.82, 2.24) is 5.16 Å². The molecule has 1 amide bonds. The SMILES string of the molecule is Cc1cc(C(=O)N(CCC(=O)O)c2ccccc2)on1. The van der Waals surface area contributed by atoms with Crippen LogP contribution in [-0.4, -0.2) is 28.7 Å². The van der Waals surface area contributed by atoms with Crippen LogP contribution in [0.3, 0.4) is 0 Å². The van der Waals surface area contributed by atoms with Crippen LogP contribution >= 0.6 is 0 Å². The highest BCUT2D eigenvalue weighted by atomic mass is 16.5. The molecule has 0 aliphatic rings. The van der Waals surface area contributed by atoms with Crippen LogP contribution in [0.2, 0.25) is 0 Å². The highest BCUT2D eigenvalue weighted by Crippen LogP contribution is 2.17. The predicted octanol–water partition coefficient (Wildman–Crippen LogP) is 2.10. The lowest BCUT2D eigenvalue weighted by Crippen LogP contribution is -2.32. The van der Waals surface area contributed by atoms with Crippen molar-refractivity contribution in [2.24, 2.45) is 0 Å². The van der Waals surface area contributed by atoms with Gasteiger partial charge in [0.25, 0.3) is 5.91 Å². The molecular weight excluding hydrogens is 260 g/mol. The molecule has 0 spiro atoms. The predicted molar refractivity (Wildman–Crippen MR) is 71.6 cm³/mol. The number of anilines is 1. The van der Waals surface area contributed by atoms with Crippen LogP contribution in [0.1, 0.15) is 22.7 Å². The maximum absolute atomic E-state index is 12.4. The Balaban J connectivity index is 2.26. The number of hydrogen-bond donors (Lipinski definition) is 1. The van der Waals surface area contributed by atoms with Crippen LogP contribution in [0.25, 0.3) is 0 Å². The molecule has 104 valence electrons. The molecule has 0 atom stereocenters. The number of carbonyl (C=O) groups excluding carboxylic acids is 1. The third kappa shape index (κ3) is 3.23. The molecule has 0 saturated carbocycles. The van der Waals surface area contributed by atoms with E-state index >= 15 is 0 Å². The third-order valence-corrected chi connectivity index (χ3v) is 2.70. The Morgan fingerprint density at radius 1 is 1.30 bits per heavy atom. The summed E-state index contributed by atoms with van der Waals surface area (Å²) in [7, 11) is 0. The molecule has 0 saturated heterocycles. The van der Waals surface area contributed by atoms with Gasteiger partial charge in [-0.2, -0.15) is 0 Å². The van der Waals surface area contributed by atoms with Gasteiger partial charge in [0.1, 0.15) is 0 Å². The summed E-state index contributed by atoms with van der Waals surface area (Å²) in [6, 6.07) is 10.4. The normalized spacial score (nSPS) is 10.2. The number of aromatic nitrogens is 1. The summed E-state index contributed by atoms with van der Waals surface area (Å²) in [5, 5.41) is 12.5. The summed E-state index contributed by atoms with van der Waals surface area (Å²) in [5.74, 6) is -1.28. The van der Waals surface area contributed by atoms with Gasteiger partial charge < -0.3 is 14.5 Å². The molecule has 1 aromatic heterocycles. The fourth-order valence-electron chi connectivity index (χ4n) is 1.76.